The standard InChI is InChI=1S/C19H22F2O3/c1-3-5-13-6-8-14(9-7-13)19(22)24-16-11-10-15(23-12-4-2)17(20)18(16)21/h3-5,10-14H,6-9H2,1-2H3. The van der Waals surface area contributed by atoms with Crippen molar-refractivity contribution in [2.24, 2.45) is 11.8 Å². The summed E-state index contributed by atoms with van der Waals surface area (Å²) in [7, 11) is 0. The molecule has 0 saturated heterocycles. The van der Waals surface area contributed by atoms with Crippen LogP contribution in [0.3, 0.4) is 0 Å². The average Bonchev–Trinajstić information content (AvgIpc) is 2.59. The molecule has 5 heteroatoms. The number of carbonyl (C=O) groups is 1. The molecule has 0 aromatic heterocycles. The number of halogens is 2. The van der Waals surface area contributed by atoms with Gasteiger partial charge < -0.3 is 9.47 Å². The van der Waals surface area contributed by atoms with E-state index in [1.165, 1.54) is 18.4 Å². The van der Waals surface area contributed by atoms with Gasteiger partial charge in [0.1, 0.15) is 0 Å². The van der Waals surface area contributed by atoms with Gasteiger partial charge >= 0.3 is 5.97 Å². The quantitative estimate of drug-likeness (QED) is 0.322. The monoisotopic (exact) mass is 336 g/mol. The fourth-order valence-electron chi connectivity index (χ4n) is 2.84. The van der Waals surface area contributed by atoms with Crippen LogP contribution in [0.25, 0.3) is 0 Å². The normalized spacial score (nSPS) is 21.3. The maximum atomic E-state index is 14.0. The van der Waals surface area contributed by atoms with Crippen molar-refractivity contribution in [1.82, 2.24) is 0 Å². The highest BCUT2D eigenvalue weighted by Crippen LogP contribution is 2.32. The van der Waals surface area contributed by atoms with Crippen LogP contribution in [0.4, 0.5) is 8.78 Å². The van der Waals surface area contributed by atoms with E-state index in [2.05, 4.69) is 6.08 Å². The number of rotatable bonds is 5. The summed E-state index contributed by atoms with van der Waals surface area (Å²) >= 11 is 0. The van der Waals surface area contributed by atoms with Crippen LogP contribution in [0.15, 0.2) is 36.6 Å². The second-order valence-electron chi connectivity index (χ2n) is 5.84. The van der Waals surface area contributed by atoms with Gasteiger partial charge in [0, 0.05) is 0 Å². The average molecular weight is 336 g/mol. The highest BCUT2D eigenvalue weighted by atomic mass is 19.2. The van der Waals surface area contributed by atoms with Gasteiger partial charge in [0.2, 0.25) is 11.6 Å². The Bertz CT molecular complexity index is 630. The Kier molecular flexibility index (Phi) is 6.53. The largest absolute Gasteiger partial charge is 0.462 e. The number of carbonyl (C=O) groups excluding carboxylic acids is 1. The van der Waals surface area contributed by atoms with E-state index in [1.54, 1.807) is 13.0 Å². The van der Waals surface area contributed by atoms with Gasteiger partial charge in [0.25, 0.3) is 0 Å². The molecule has 1 aliphatic carbocycles. The Labute approximate surface area is 141 Å². The van der Waals surface area contributed by atoms with Crippen molar-refractivity contribution in [2.75, 3.05) is 0 Å². The van der Waals surface area contributed by atoms with Gasteiger partial charge in [-0.05, 0) is 57.6 Å². The van der Waals surface area contributed by atoms with Crippen molar-refractivity contribution in [1.29, 1.82) is 0 Å². The van der Waals surface area contributed by atoms with Crippen LogP contribution >= 0.6 is 0 Å². The van der Waals surface area contributed by atoms with Crippen LogP contribution < -0.4 is 9.47 Å². The topological polar surface area (TPSA) is 35.5 Å². The first-order valence-electron chi connectivity index (χ1n) is 8.17. The summed E-state index contributed by atoms with van der Waals surface area (Å²) in [5, 5.41) is 0. The predicted octanol–water partition coefficient (Wildman–Crippen LogP) is 5.17. The third kappa shape index (κ3) is 4.43. The Morgan fingerprint density at radius 3 is 2.29 bits per heavy atom. The maximum Gasteiger partial charge on any atom is 0.314 e. The number of allylic oxidation sites excluding steroid dienone is 3. The number of hydrogen-bond donors (Lipinski definition) is 0. The molecule has 0 atom stereocenters. The van der Waals surface area contributed by atoms with Crippen LogP contribution in [-0.2, 0) is 4.79 Å². The van der Waals surface area contributed by atoms with Gasteiger partial charge in [-0.15, -0.1) is 0 Å². The van der Waals surface area contributed by atoms with Crippen LogP contribution in [0.1, 0.15) is 39.5 Å². The molecule has 130 valence electrons. The summed E-state index contributed by atoms with van der Waals surface area (Å²) in [5.41, 5.74) is 0. The predicted molar refractivity (Wildman–Crippen MR) is 87.7 cm³/mol. The molecule has 1 fully saturated rings. The van der Waals surface area contributed by atoms with Crippen molar-refractivity contribution in [3.05, 3.63) is 48.3 Å². The summed E-state index contributed by atoms with van der Waals surface area (Å²) in [4.78, 5) is 12.2. The van der Waals surface area contributed by atoms with Crippen molar-refractivity contribution in [3.8, 4) is 11.5 Å². The van der Waals surface area contributed by atoms with Crippen LogP contribution in [-0.4, -0.2) is 5.97 Å². The molecule has 1 aromatic rings. The zero-order valence-corrected chi connectivity index (χ0v) is 13.9. The lowest BCUT2D eigenvalue weighted by molar-refractivity contribution is -0.140. The third-order valence-corrected chi connectivity index (χ3v) is 4.12. The molecule has 0 heterocycles. The lowest BCUT2D eigenvalue weighted by Gasteiger charge is -2.25. The molecule has 1 aromatic carbocycles. The second kappa shape index (κ2) is 8.62. The van der Waals surface area contributed by atoms with Gasteiger partial charge in [0.05, 0.1) is 12.2 Å². The summed E-state index contributed by atoms with van der Waals surface area (Å²) < 4.78 is 37.9. The molecular formula is C19H22F2O3. The molecule has 0 bridgehead atoms. The molecule has 0 N–H and O–H groups in total. The van der Waals surface area contributed by atoms with Gasteiger partial charge in [-0.2, -0.15) is 8.78 Å². The maximum absolute atomic E-state index is 14.0. The number of esters is 1. The molecule has 1 saturated carbocycles. The van der Waals surface area contributed by atoms with Crippen molar-refractivity contribution < 1.29 is 23.0 Å². The Morgan fingerprint density at radius 2 is 1.67 bits per heavy atom. The molecule has 0 amide bonds. The summed E-state index contributed by atoms with van der Waals surface area (Å²) in [5.74, 6) is -3.33. The lowest BCUT2D eigenvalue weighted by Crippen LogP contribution is -2.25. The molecule has 0 radical (unpaired) electrons. The minimum atomic E-state index is -1.21. The third-order valence-electron chi connectivity index (χ3n) is 4.12. The first kappa shape index (κ1) is 18.2. The zero-order valence-electron chi connectivity index (χ0n) is 13.9. The SMILES string of the molecule is CC=COc1ccc(OC(=O)C2CCC(C=CC)CC2)c(F)c1F. The molecular weight excluding hydrogens is 314 g/mol. The minimum absolute atomic E-state index is 0.253. The zero-order chi connectivity index (χ0) is 17.5. The van der Waals surface area contributed by atoms with Gasteiger partial charge in [0.15, 0.2) is 11.5 Å². The van der Waals surface area contributed by atoms with Crippen LogP contribution in [0.2, 0.25) is 0 Å². The summed E-state index contributed by atoms with van der Waals surface area (Å²) in [6.07, 6.45) is 10.1. The van der Waals surface area contributed by atoms with Crippen molar-refractivity contribution in [2.45, 2.75) is 39.5 Å². The Balaban J connectivity index is 2.00. The van der Waals surface area contributed by atoms with E-state index in [-0.39, 0.29) is 11.7 Å². The first-order valence-corrected chi connectivity index (χ1v) is 8.17. The fraction of sp³-hybridized carbons (Fsp3) is 0.421. The summed E-state index contributed by atoms with van der Waals surface area (Å²) in [6, 6.07) is 2.45. The number of ether oxygens (including phenoxy) is 2. The lowest BCUT2D eigenvalue weighted by atomic mass is 9.82. The summed E-state index contributed by atoms with van der Waals surface area (Å²) in [6.45, 7) is 3.66. The van der Waals surface area contributed by atoms with E-state index in [0.717, 1.165) is 12.8 Å². The highest BCUT2D eigenvalue weighted by Gasteiger charge is 2.28. The van der Waals surface area contributed by atoms with Gasteiger partial charge in [-0.1, -0.05) is 18.2 Å². The number of benzene rings is 1. The van der Waals surface area contributed by atoms with Crippen molar-refractivity contribution >= 4 is 5.97 Å². The Morgan fingerprint density at radius 1 is 1.04 bits per heavy atom. The second-order valence-corrected chi connectivity index (χ2v) is 5.84. The number of hydrogen-bond acceptors (Lipinski definition) is 3. The molecule has 0 spiro atoms. The van der Waals surface area contributed by atoms with E-state index in [4.69, 9.17) is 9.47 Å². The first-order chi connectivity index (χ1) is 11.6. The smallest absolute Gasteiger partial charge is 0.314 e. The Hall–Kier alpha value is -2.17. The molecule has 0 unspecified atom stereocenters. The minimum Gasteiger partial charge on any atom is -0.462 e. The molecule has 24 heavy (non-hydrogen) atoms. The molecule has 3 nitrogen and oxygen atoms in total. The van der Waals surface area contributed by atoms with E-state index < -0.39 is 23.4 Å². The van der Waals surface area contributed by atoms with E-state index in [1.807, 2.05) is 13.0 Å². The van der Waals surface area contributed by atoms with Gasteiger partial charge in [-0.25, -0.2) is 0 Å². The van der Waals surface area contributed by atoms with Crippen LogP contribution in [0.5, 0.6) is 11.5 Å². The van der Waals surface area contributed by atoms with E-state index >= 15 is 0 Å². The van der Waals surface area contributed by atoms with Crippen LogP contribution in [0, 0.1) is 23.5 Å². The van der Waals surface area contributed by atoms with E-state index in [9.17, 15) is 13.6 Å². The highest BCUT2D eigenvalue weighted by molar-refractivity contribution is 5.75. The van der Waals surface area contributed by atoms with Gasteiger partial charge in [-0.3, -0.25) is 4.79 Å². The molecule has 1 aliphatic rings. The van der Waals surface area contributed by atoms with Crippen molar-refractivity contribution in [3.63, 3.8) is 0 Å². The molecule has 0 aliphatic heterocycles. The fourth-order valence-corrected chi connectivity index (χ4v) is 2.84. The molecule has 2 rings (SSSR count). The van der Waals surface area contributed by atoms with E-state index in [0.29, 0.717) is 18.8 Å².